The summed E-state index contributed by atoms with van der Waals surface area (Å²) in [5, 5.41) is 13.3. The molecule has 0 aromatic heterocycles. The molecule has 6 heteroatoms. The van der Waals surface area contributed by atoms with E-state index in [1.807, 2.05) is 11.9 Å². The molecule has 0 saturated heterocycles. The summed E-state index contributed by atoms with van der Waals surface area (Å²) in [6, 6.07) is 4.52. The zero-order valence-electron chi connectivity index (χ0n) is 8.77. The fraction of sp³-hybridized carbons (Fsp3) is 0.300. The van der Waals surface area contributed by atoms with Crippen molar-refractivity contribution < 1.29 is 9.72 Å². The van der Waals surface area contributed by atoms with Gasteiger partial charge in [-0.25, -0.2) is 0 Å². The first kappa shape index (κ1) is 10.6. The van der Waals surface area contributed by atoms with E-state index < -0.39 is 4.92 Å². The summed E-state index contributed by atoms with van der Waals surface area (Å²) in [6.45, 7) is 0.897. The number of hydrogen-bond donors (Lipinski definition) is 1. The molecule has 0 spiro atoms. The average molecular weight is 221 g/mol. The fourth-order valence-corrected chi connectivity index (χ4v) is 1.71. The molecule has 0 atom stereocenters. The molecule has 0 saturated carbocycles. The number of likely N-dealkylation sites (N-methyl/N-ethyl adjacent to an activating group) is 1. The summed E-state index contributed by atoms with van der Waals surface area (Å²) in [4.78, 5) is 23.4. The number of fused-ring (bicyclic) bond motifs is 1. The van der Waals surface area contributed by atoms with Crippen LogP contribution in [0.2, 0.25) is 0 Å². The maximum atomic E-state index is 11.4. The minimum absolute atomic E-state index is 0.0106. The van der Waals surface area contributed by atoms with Crippen LogP contribution in [0.5, 0.6) is 0 Å². The summed E-state index contributed by atoms with van der Waals surface area (Å²) in [5.41, 5.74) is 1.41. The lowest BCUT2D eigenvalue weighted by Crippen LogP contribution is -2.26. The van der Waals surface area contributed by atoms with Gasteiger partial charge < -0.3 is 5.32 Å². The maximum absolute atomic E-state index is 11.4. The van der Waals surface area contributed by atoms with Gasteiger partial charge in [-0.05, 0) is 18.7 Å². The molecule has 0 fully saturated rings. The largest absolute Gasteiger partial charge is 0.324 e. The van der Waals surface area contributed by atoms with E-state index in [0.717, 1.165) is 5.56 Å². The Morgan fingerprint density at radius 1 is 1.44 bits per heavy atom. The van der Waals surface area contributed by atoms with E-state index in [2.05, 4.69) is 5.32 Å². The molecule has 1 aromatic carbocycles. The van der Waals surface area contributed by atoms with Gasteiger partial charge in [-0.3, -0.25) is 19.8 Å². The highest BCUT2D eigenvalue weighted by molar-refractivity contribution is 5.94. The van der Waals surface area contributed by atoms with Crippen molar-refractivity contribution >= 4 is 17.3 Å². The van der Waals surface area contributed by atoms with Crippen LogP contribution in [0.15, 0.2) is 18.2 Å². The number of nitro benzene ring substituents is 1. The lowest BCUT2D eigenvalue weighted by atomic mass is 10.1. The average Bonchev–Trinajstić information content (AvgIpc) is 2.32. The molecule has 1 aromatic rings. The van der Waals surface area contributed by atoms with Crippen molar-refractivity contribution in [2.45, 2.75) is 6.54 Å². The van der Waals surface area contributed by atoms with Gasteiger partial charge in [0.15, 0.2) is 0 Å². The smallest absolute Gasteiger partial charge is 0.271 e. The summed E-state index contributed by atoms with van der Waals surface area (Å²) < 4.78 is 0. The van der Waals surface area contributed by atoms with E-state index in [9.17, 15) is 14.9 Å². The van der Waals surface area contributed by atoms with Crippen LogP contribution in [0.4, 0.5) is 11.4 Å². The number of amides is 1. The number of nitrogens with zero attached hydrogens (tertiary/aromatic N) is 2. The van der Waals surface area contributed by atoms with E-state index in [4.69, 9.17) is 0 Å². The number of non-ortho nitro benzene ring substituents is 1. The van der Waals surface area contributed by atoms with Crippen LogP contribution in [-0.2, 0) is 11.3 Å². The number of rotatable bonds is 1. The lowest BCUT2D eigenvalue weighted by Gasteiger charge is -2.10. The first-order valence-electron chi connectivity index (χ1n) is 4.82. The van der Waals surface area contributed by atoms with Gasteiger partial charge in [-0.15, -0.1) is 0 Å². The van der Waals surface area contributed by atoms with Gasteiger partial charge in [-0.1, -0.05) is 0 Å². The first-order valence-corrected chi connectivity index (χ1v) is 4.82. The van der Waals surface area contributed by atoms with Crippen LogP contribution in [0, 0.1) is 10.1 Å². The number of hydrogen-bond acceptors (Lipinski definition) is 4. The number of nitrogens with one attached hydrogen (secondary N) is 1. The monoisotopic (exact) mass is 221 g/mol. The third-order valence-electron chi connectivity index (χ3n) is 2.43. The number of carbonyl (C=O) groups excluding carboxylic acids is 1. The highest BCUT2D eigenvalue weighted by atomic mass is 16.6. The zero-order valence-corrected chi connectivity index (χ0v) is 8.77. The van der Waals surface area contributed by atoms with E-state index in [1.54, 1.807) is 6.07 Å². The number of anilines is 1. The van der Waals surface area contributed by atoms with Gasteiger partial charge >= 0.3 is 0 Å². The standard InChI is InChI=1S/C10H11N3O3/c1-12-5-7-2-3-8(13(15)16)4-9(7)11-10(14)6-12/h2-4H,5-6H2,1H3,(H,11,14). The second kappa shape index (κ2) is 3.90. The van der Waals surface area contributed by atoms with Gasteiger partial charge in [0, 0.05) is 18.7 Å². The summed E-state index contributed by atoms with van der Waals surface area (Å²) in [7, 11) is 1.83. The predicted molar refractivity (Wildman–Crippen MR) is 58.1 cm³/mol. The van der Waals surface area contributed by atoms with Crippen molar-refractivity contribution in [2.75, 3.05) is 18.9 Å². The molecule has 1 heterocycles. The van der Waals surface area contributed by atoms with Crippen molar-refractivity contribution in [1.29, 1.82) is 0 Å². The van der Waals surface area contributed by atoms with Crippen LogP contribution in [0.25, 0.3) is 0 Å². The highest BCUT2D eigenvalue weighted by Crippen LogP contribution is 2.25. The van der Waals surface area contributed by atoms with Crippen molar-refractivity contribution in [3.8, 4) is 0 Å². The highest BCUT2D eigenvalue weighted by Gasteiger charge is 2.18. The Balaban J connectivity index is 2.42. The SMILES string of the molecule is CN1CC(=O)Nc2cc([N+](=O)[O-])ccc2C1. The predicted octanol–water partition coefficient (Wildman–Crippen LogP) is 0.979. The molecule has 0 radical (unpaired) electrons. The van der Waals surface area contributed by atoms with Gasteiger partial charge in [-0.2, -0.15) is 0 Å². The molecular weight excluding hydrogens is 210 g/mol. The van der Waals surface area contributed by atoms with Crippen molar-refractivity contribution in [3.05, 3.63) is 33.9 Å². The molecular formula is C10H11N3O3. The zero-order chi connectivity index (χ0) is 11.7. The number of carbonyl (C=O) groups is 1. The van der Waals surface area contributed by atoms with E-state index in [-0.39, 0.29) is 11.6 Å². The van der Waals surface area contributed by atoms with Gasteiger partial charge in [0.05, 0.1) is 17.2 Å². The van der Waals surface area contributed by atoms with Crippen LogP contribution < -0.4 is 5.32 Å². The first-order chi connectivity index (χ1) is 7.56. The van der Waals surface area contributed by atoms with E-state index >= 15 is 0 Å². The molecule has 6 nitrogen and oxygen atoms in total. The minimum atomic E-state index is -0.471. The van der Waals surface area contributed by atoms with Crippen LogP contribution >= 0.6 is 0 Å². The second-order valence-corrected chi connectivity index (χ2v) is 3.82. The van der Waals surface area contributed by atoms with Gasteiger partial charge in [0.2, 0.25) is 5.91 Å². The molecule has 16 heavy (non-hydrogen) atoms. The molecule has 1 aliphatic rings. The Labute approximate surface area is 92.0 Å². The van der Waals surface area contributed by atoms with Gasteiger partial charge in [0.25, 0.3) is 5.69 Å². The number of nitro groups is 1. The molecule has 1 amide bonds. The quantitative estimate of drug-likeness (QED) is 0.566. The summed E-state index contributed by atoms with van der Waals surface area (Å²) in [5.74, 6) is -0.151. The minimum Gasteiger partial charge on any atom is -0.324 e. The van der Waals surface area contributed by atoms with Crippen LogP contribution in [0.1, 0.15) is 5.56 Å². The normalized spacial score (nSPS) is 16.2. The Hall–Kier alpha value is -1.95. The molecule has 2 rings (SSSR count). The topological polar surface area (TPSA) is 75.5 Å². The van der Waals surface area contributed by atoms with Crippen molar-refractivity contribution in [2.24, 2.45) is 0 Å². The Bertz CT molecular complexity index is 459. The molecule has 1 aliphatic heterocycles. The van der Waals surface area contributed by atoms with Crippen molar-refractivity contribution in [1.82, 2.24) is 4.90 Å². The third-order valence-corrected chi connectivity index (χ3v) is 2.43. The Morgan fingerprint density at radius 3 is 2.88 bits per heavy atom. The maximum Gasteiger partial charge on any atom is 0.271 e. The summed E-state index contributed by atoms with van der Waals surface area (Å²) in [6.07, 6.45) is 0. The second-order valence-electron chi connectivity index (χ2n) is 3.82. The third kappa shape index (κ3) is 2.01. The van der Waals surface area contributed by atoms with Crippen molar-refractivity contribution in [3.63, 3.8) is 0 Å². The summed E-state index contributed by atoms with van der Waals surface area (Å²) >= 11 is 0. The Kier molecular flexibility index (Phi) is 2.57. The van der Waals surface area contributed by atoms with Gasteiger partial charge in [0.1, 0.15) is 0 Å². The van der Waals surface area contributed by atoms with E-state index in [0.29, 0.717) is 18.8 Å². The molecule has 0 unspecified atom stereocenters. The van der Waals surface area contributed by atoms with Crippen LogP contribution in [0.3, 0.4) is 0 Å². The molecule has 84 valence electrons. The molecule has 1 N–H and O–H groups in total. The van der Waals surface area contributed by atoms with E-state index in [1.165, 1.54) is 12.1 Å². The lowest BCUT2D eigenvalue weighted by molar-refractivity contribution is -0.384. The van der Waals surface area contributed by atoms with Crippen LogP contribution in [-0.4, -0.2) is 29.3 Å². The Morgan fingerprint density at radius 2 is 2.19 bits per heavy atom. The number of benzene rings is 1. The molecule has 0 aliphatic carbocycles. The fourth-order valence-electron chi connectivity index (χ4n) is 1.71. The molecule has 0 bridgehead atoms.